The average molecular weight is 509 g/mol. The van der Waals surface area contributed by atoms with Gasteiger partial charge in [-0.2, -0.15) is 14.9 Å². The van der Waals surface area contributed by atoms with E-state index < -0.39 is 11.9 Å². The van der Waals surface area contributed by atoms with Gasteiger partial charge in [-0.25, -0.2) is 9.18 Å². The highest BCUT2D eigenvalue weighted by Crippen LogP contribution is 2.24. The van der Waals surface area contributed by atoms with Gasteiger partial charge in [0.2, 0.25) is 5.91 Å². The van der Waals surface area contributed by atoms with E-state index in [9.17, 15) is 14.0 Å². The monoisotopic (exact) mass is 508 g/mol. The fourth-order valence-corrected chi connectivity index (χ4v) is 3.33. The number of nitrogens with one attached hydrogen (secondary N) is 2. The Hall–Kier alpha value is -4.71. The van der Waals surface area contributed by atoms with Gasteiger partial charge in [0.1, 0.15) is 12.1 Å². The lowest BCUT2D eigenvalue weighted by Gasteiger charge is -2.08. The van der Waals surface area contributed by atoms with E-state index in [2.05, 4.69) is 41.1 Å². The van der Waals surface area contributed by atoms with Crippen LogP contribution in [0.1, 0.15) is 11.3 Å². The molecule has 0 fully saturated rings. The Bertz CT molecular complexity index is 1430. The second-order valence-electron chi connectivity index (χ2n) is 7.26. The zero-order chi connectivity index (χ0) is 25.5. The Morgan fingerprint density at radius 2 is 2.00 bits per heavy atom. The smallest absolute Gasteiger partial charge is 0.411 e. The summed E-state index contributed by atoms with van der Waals surface area (Å²) in [5.74, 6) is -1.02. The Morgan fingerprint density at radius 3 is 2.75 bits per heavy atom. The molecule has 13 heteroatoms. The molecule has 2 aromatic heterocycles. The highest BCUT2D eigenvalue weighted by molar-refractivity contribution is 6.30. The highest BCUT2D eigenvalue weighted by Gasteiger charge is 2.10. The number of hydrogen-bond donors (Lipinski definition) is 2. The predicted molar refractivity (Wildman–Crippen MR) is 128 cm³/mol. The summed E-state index contributed by atoms with van der Waals surface area (Å²) < 4.78 is 20.3. The Kier molecular flexibility index (Phi) is 7.56. The number of amides is 2. The molecule has 36 heavy (non-hydrogen) atoms. The third kappa shape index (κ3) is 6.04. The molecule has 0 aliphatic rings. The van der Waals surface area contributed by atoms with Gasteiger partial charge in [0.25, 0.3) is 0 Å². The molecule has 0 unspecified atom stereocenters. The normalized spacial score (nSPS) is 10.9. The van der Waals surface area contributed by atoms with Crippen molar-refractivity contribution in [3.05, 3.63) is 83.2 Å². The molecule has 0 bridgehead atoms. The van der Waals surface area contributed by atoms with Crippen LogP contribution in [0.4, 0.5) is 14.9 Å². The molecule has 11 nitrogen and oxygen atoms in total. The van der Waals surface area contributed by atoms with E-state index in [1.807, 2.05) is 0 Å². The maximum atomic E-state index is 14.4. The van der Waals surface area contributed by atoms with E-state index in [-0.39, 0.29) is 18.1 Å². The van der Waals surface area contributed by atoms with E-state index in [1.165, 1.54) is 42.5 Å². The van der Waals surface area contributed by atoms with Crippen molar-refractivity contribution >= 4 is 35.4 Å². The minimum absolute atomic E-state index is 0.0187. The molecule has 4 aromatic rings. The van der Waals surface area contributed by atoms with Crippen LogP contribution < -0.4 is 10.6 Å². The molecule has 2 N–H and O–H groups in total. The molecular weight excluding hydrogens is 491 g/mol. The quantitative estimate of drug-likeness (QED) is 0.362. The van der Waals surface area contributed by atoms with Gasteiger partial charge in [0, 0.05) is 22.2 Å². The van der Waals surface area contributed by atoms with Crippen molar-refractivity contribution in [2.75, 3.05) is 12.4 Å². The molecule has 0 atom stereocenters. The number of tetrazole rings is 1. The molecule has 182 valence electrons. The van der Waals surface area contributed by atoms with Gasteiger partial charge in [-0.3, -0.25) is 10.1 Å². The second kappa shape index (κ2) is 11.1. The summed E-state index contributed by atoms with van der Waals surface area (Å²) in [5, 5.41) is 24.5. The summed E-state index contributed by atoms with van der Waals surface area (Å²) in [6, 6.07) is 11.1. The largest absolute Gasteiger partial charge is 0.453 e. The summed E-state index contributed by atoms with van der Waals surface area (Å²) in [5.41, 5.74) is 2.82. The van der Waals surface area contributed by atoms with Crippen molar-refractivity contribution in [3.8, 4) is 16.8 Å². The van der Waals surface area contributed by atoms with Gasteiger partial charge in [-0.15, -0.1) is 5.10 Å². The van der Waals surface area contributed by atoms with Crippen LogP contribution in [0.15, 0.2) is 61.1 Å². The van der Waals surface area contributed by atoms with Crippen molar-refractivity contribution < 1.29 is 18.7 Å². The first-order chi connectivity index (χ1) is 17.4. The third-order valence-corrected chi connectivity index (χ3v) is 5.11. The van der Waals surface area contributed by atoms with Gasteiger partial charge in [0.15, 0.2) is 0 Å². The molecule has 0 saturated carbocycles. The molecule has 2 heterocycles. The molecular formula is C23H18ClFN8O3. The first-order valence-electron chi connectivity index (χ1n) is 10.4. The van der Waals surface area contributed by atoms with Crippen LogP contribution in [0.25, 0.3) is 22.9 Å². The number of anilines is 1. The fraction of sp³-hybridized carbons (Fsp3) is 0.0870. The first-order valence-corrected chi connectivity index (χ1v) is 10.8. The van der Waals surface area contributed by atoms with Crippen molar-refractivity contribution in [2.45, 2.75) is 6.54 Å². The van der Waals surface area contributed by atoms with Crippen LogP contribution in [0.5, 0.6) is 0 Å². The lowest BCUT2D eigenvalue weighted by Crippen LogP contribution is -2.21. The number of hydrogen-bond acceptors (Lipinski definition) is 8. The Labute approximate surface area is 208 Å². The average Bonchev–Trinajstić information content (AvgIpc) is 3.42. The molecule has 2 amide bonds. The number of benzene rings is 2. The van der Waals surface area contributed by atoms with Crippen LogP contribution >= 0.6 is 11.6 Å². The summed E-state index contributed by atoms with van der Waals surface area (Å²) in [7, 11) is 1.19. The van der Waals surface area contributed by atoms with Gasteiger partial charge in [-0.05, 0) is 58.5 Å². The van der Waals surface area contributed by atoms with E-state index in [0.717, 1.165) is 0 Å². The van der Waals surface area contributed by atoms with Gasteiger partial charge in [0.05, 0.1) is 36.9 Å². The lowest BCUT2D eigenvalue weighted by atomic mass is 10.1. The maximum absolute atomic E-state index is 14.4. The number of halogens is 2. The molecule has 0 spiro atoms. The molecule has 0 radical (unpaired) electrons. The third-order valence-electron chi connectivity index (χ3n) is 4.87. The van der Waals surface area contributed by atoms with Crippen LogP contribution in [0, 0.1) is 5.82 Å². The molecule has 2 aromatic carbocycles. The number of carbonyl (C=O) groups excluding carboxylic acids is 2. The van der Waals surface area contributed by atoms with Crippen LogP contribution in [-0.4, -0.2) is 49.5 Å². The van der Waals surface area contributed by atoms with Gasteiger partial charge < -0.3 is 10.1 Å². The number of aromatic nitrogens is 6. The minimum atomic E-state index is -0.777. The van der Waals surface area contributed by atoms with Crippen LogP contribution in [-0.2, 0) is 16.1 Å². The molecule has 4 rings (SSSR count). The Balaban J connectivity index is 1.42. The lowest BCUT2D eigenvalue weighted by molar-refractivity contribution is -0.116. The summed E-state index contributed by atoms with van der Waals surface area (Å²) >= 11 is 6.09. The van der Waals surface area contributed by atoms with E-state index >= 15 is 0 Å². The van der Waals surface area contributed by atoms with E-state index in [0.29, 0.717) is 33.1 Å². The fourth-order valence-electron chi connectivity index (χ4n) is 3.15. The zero-order valence-electron chi connectivity index (χ0n) is 18.7. The number of nitrogens with zero attached hydrogens (tertiary/aromatic N) is 6. The number of ether oxygens (including phenoxy) is 1. The number of rotatable bonds is 7. The summed E-state index contributed by atoms with van der Waals surface area (Å²) in [6.45, 7) is 0.0872. The van der Waals surface area contributed by atoms with Gasteiger partial charge >= 0.3 is 6.09 Å². The van der Waals surface area contributed by atoms with E-state index in [4.69, 9.17) is 11.6 Å². The number of methoxy groups -OCH3 is 1. The predicted octanol–water partition coefficient (Wildman–Crippen LogP) is 3.42. The molecule has 0 saturated heterocycles. The summed E-state index contributed by atoms with van der Waals surface area (Å²) in [4.78, 5) is 23.7. The van der Waals surface area contributed by atoms with Crippen LogP contribution in [0.3, 0.4) is 0 Å². The van der Waals surface area contributed by atoms with Crippen molar-refractivity contribution in [1.29, 1.82) is 0 Å². The number of carbonyl (C=O) groups is 2. The first kappa shape index (κ1) is 24.4. The SMILES string of the molecule is COC(=O)Nc1ccc(-c2cnnc(CNC(=O)/C=C/c3cc(Cl)ccc3-n3cnnn3)c2)cc1F. The highest BCUT2D eigenvalue weighted by atomic mass is 35.5. The van der Waals surface area contributed by atoms with E-state index in [1.54, 1.807) is 36.4 Å². The van der Waals surface area contributed by atoms with Gasteiger partial charge in [-0.1, -0.05) is 17.7 Å². The molecule has 0 aliphatic carbocycles. The van der Waals surface area contributed by atoms with Crippen molar-refractivity contribution in [3.63, 3.8) is 0 Å². The Morgan fingerprint density at radius 1 is 1.14 bits per heavy atom. The summed E-state index contributed by atoms with van der Waals surface area (Å²) in [6.07, 6.45) is 5.06. The van der Waals surface area contributed by atoms with Crippen molar-refractivity contribution in [2.24, 2.45) is 0 Å². The van der Waals surface area contributed by atoms with Crippen molar-refractivity contribution in [1.82, 2.24) is 35.7 Å². The minimum Gasteiger partial charge on any atom is -0.453 e. The molecule has 0 aliphatic heterocycles. The maximum Gasteiger partial charge on any atom is 0.411 e. The second-order valence-corrected chi connectivity index (χ2v) is 7.69. The zero-order valence-corrected chi connectivity index (χ0v) is 19.5. The van der Waals surface area contributed by atoms with Crippen LogP contribution in [0.2, 0.25) is 5.02 Å². The standard InChI is InChI=1S/C23H18ClFN8O3/c1-36-23(35)29-20-5-2-14(10-19(20)25)16-9-18(30-27-11-16)12-26-22(34)7-3-15-8-17(24)4-6-21(15)33-13-28-31-32-33/h2-11,13H,12H2,1H3,(H,26,34)(H,29,35)/b7-3+. The topological polar surface area (TPSA) is 137 Å².